The van der Waals surface area contributed by atoms with E-state index in [2.05, 4.69) is 59.8 Å². The molecule has 0 aromatic rings. The first-order chi connectivity index (χ1) is 10.2. The maximum Gasteiger partial charge on any atom is 0.0617 e. The van der Waals surface area contributed by atoms with Gasteiger partial charge in [-0.05, 0) is 31.1 Å². The van der Waals surface area contributed by atoms with Gasteiger partial charge in [-0.1, -0.05) is 95.1 Å². The minimum Gasteiger partial charge on any atom is -0.392 e. The zero-order valence-electron chi connectivity index (χ0n) is 15.7. The van der Waals surface area contributed by atoms with Gasteiger partial charge < -0.3 is 5.11 Å². The van der Waals surface area contributed by atoms with Gasteiger partial charge in [0.1, 0.15) is 0 Å². The number of hydrogen-bond acceptors (Lipinski definition) is 1. The van der Waals surface area contributed by atoms with Gasteiger partial charge in [-0.3, -0.25) is 0 Å². The van der Waals surface area contributed by atoms with Crippen molar-refractivity contribution in [3.05, 3.63) is 47.6 Å². The van der Waals surface area contributed by atoms with Crippen LogP contribution >= 0.6 is 0 Å². The summed E-state index contributed by atoms with van der Waals surface area (Å²) in [6, 6.07) is 0. The van der Waals surface area contributed by atoms with Crippen molar-refractivity contribution >= 4 is 0 Å². The van der Waals surface area contributed by atoms with Crippen LogP contribution in [0.25, 0.3) is 0 Å². The molecule has 0 amide bonds. The van der Waals surface area contributed by atoms with Crippen molar-refractivity contribution in [2.45, 2.75) is 61.3 Å². The van der Waals surface area contributed by atoms with Crippen molar-refractivity contribution in [1.29, 1.82) is 0 Å². The van der Waals surface area contributed by atoms with Crippen LogP contribution in [0.5, 0.6) is 0 Å². The van der Waals surface area contributed by atoms with Gasteiger partial charge in [0, 0.05) is 0 Å². The van der Waals surface area contributed by atoms with E-state index in [-0.39, 0.29) is 6.61 Å². The van der Waals surface area contributed by atoms with Gasteiger partial charge in [0.2, 0.25) is 0 Å². The molecule has 0 aliphatic carbocycles. The highest BCUT2D eigenvalue weighted by Gasteiger charge is 2.26. The van der Waals surface area contributed by atoms with Crippen LogP contribution in [0.15, 0.2) is 47.6 Å². The van der Waals surface area contributed by atoms with E-state index in [1.54, 1.807) is 6.08 Å². The molecule has 0 heterocycles. The Hall–Kier alpha value is -1.08. The lowest BCUT2D eigenvalue weighted by Gasteiger charge is -2.33. The Balaban J connectivity index is 4.91. The van der Waals surface area contributed by atoms with Crippen LogP contribution in [0.4, 0.5) is 0 Å². The Labute approximate surface area is 138 Å². The second-order valence-electron chi connectivity index (χ2n) is 7.42. The van der Waals surface area contributed by atoms with Crippen LogP contribution in [-0.2, 0) is 0 Å². The average Bonchev–Trinajstić information content (AvgIpc) is 2.37. The maximum atomic E-state index is 8.83. The molecule has 0 saturated heterocycles. The summed E-state index contributed by atoms with van der Waals surface area (Å²) in [6.07, 6.45) is 15.1. The van der Waals surface area contributed by atoms with E-state index in [1.807, 2.05) is 19.1 Å². The third kappa shape index (κ3) is 9.04. The van der Waals surface area contributed by atoms with Gasteiger partial charge in [-0.2, -0.15) is 0 Å². The number of allylic oxidation sites excluding steroid dienone is 7. The molecule has 0 fully saturated rings. The standard InChI is InChI=1S/C21H36O/c1-8-10-19(4)20(21(5,6)7)14-13-17(2)11-9-12-18(3)15-16-22/h9,11-15,19-20,22H,8,10,16H2,1-7H3/b12-9+,14-13+,17-11+,18-15-. The van der Waals surface area contributed by atoms with Gasteiger partial charge in [-0.15, -0.1) is 0 Å². The Bertz CT molecular complexity index is 416. The fourth-order valence-corrected chi connectivity index (χ4v) is 2.84. The SMILES string of the molecule is CCCC(C)C(/C=C/C(C)=C/C=C/C(C)=C\CO)C(C)(C)C. The molecule has 2 atom stereocenters. The van der Waals surface area contributed by atoms with Gasteiger partial charge in [0.05, 0.1) is 6.61 Å². The van der Waals surface area contributed by atoms with Crippen molar-refractivity contribution in [2.24, 2.45) is 17.3 Å². The molecule has 0 spiro atoms. The summed E-state index contributed by atoms with van der Waals surface area (Å²) < 4.78 is 0. The molecule has 0 aliphatic rings. The van der Waals surface area contributed by atoms with E-state index >= 15 is 0 Å². The summed E-state index contributed by atoms with van der Waals surface area (Å²) in [5.74, 6) is 1.30. The first-order valence-electron chi connectivity index (χ1n) is 8.53. The van der Waals surface area contributed by atoms with Crippen molar-refractivity contribution < 1.29 is 5.11 Å². The lowest BCUT2D eigenvalue weighted by molar-refractivity contribution is 0.209. The van der Waals surface area contributed by atoms with E-state index in [9.17, 15) is 0 Å². The molecule has 1 N–H and O–H groups in total. The summed E-state index contributed by atoms with van der Waals surface area (Å²) in [5.41, 5.74) is 2.63. The molecule has 0 saturated carbocycles. The topological polar surface area (TPSA) is 20.2 Å². The molecule has 0 radical (unpaired) electrons. The fourth-order valence-electron chi connectivity index (χ4n) is 2.84. The predicted molar refractivity (Wildman–Crippen MR) is 99.9 cm³/mol. The summed E-state index contributed by atoms with van der Waals surface area (Å²) in [6.45, 7) is 15.8. The first-order valence-corrected chi connectivity index (χ1v) is 8.53. The molecule has 2 unspecified atom stereocenters. The Morgan fingerprint density at radius 1 is 1.09 bits per heavy atom. The molecular weight excluding hydrogens is 268 g/mol. The van der Waals surface area contributed by atoms with Gasteiger partial charge in [-0.25, -0.2) is 0 Å². The van der Waals surface area contributed by atoms with E-state index < -0.39 is 0 Å². The smallest absolute Gasteiger partial charge is 0.0617 e. The van der Waals surface area contributed by atoms with Gasteiger partial charge in [0.15, 0.2) is 0 Å². The molecule has 0 bridgehead atoms. The van der Waals surface area contributed by atoms with E-state index in [0.717, 1.165) is 5.57 Å². The second kappa shape index (κ2) is 10.6. The van der Waals surface area contributed by atoms with Crippen LogP contribution < -0.4 is 0 Å². The lowest BCUT2D eigenvalue weighted by atomic mass is 9.72. The molecule has 1 nitrogen and oxygen atoms in total. The van der Waals surface area contributed by atoms with Crippen LogP contribution in [-0.4, -0.2) is 11.7 Å². The third-order valence-electron chi connectivity index (χ3n) is 4.06. The number of rotatable bonds is 8. The highest BCUT2D eigenvalue weighted by molar-refractivity contribution is 5.26. The second-order valence-corrected chi connectivity index (χ2v) is 7.42. The fraction of sp³-hybridized carbons (Fsp3) is 0.619. The van der Waals surface area contributed by atoms with Gasteiger partial charge in [0.25, 0.3) is 0 Å². The number of aliphatic hydroxyl groups is 1. The quantitative estimate of drug-likeness (QED) is 0.539. The Kier molecular flexibility index (Phi) is 10.1. The molecule has 126 valence electrons. The third-order valence-corrected chi connectivity index (χ3v) is 4.06. The number of hydrogen-bond donors (Lipinski definition) is 1. The minimum absolute atomic E-state index is 0.0986. The molecule has 1 heteroatoms. The average molecular weight is 305 g/mol. The van der Waals surface area contributed by atoms with E-state index in [1.165, 1.54) is 18.4 Å². The largest absolute Gasteiger partial charge is 0.392 e. The first kappa shape index (κ1) is 20.9. The molecule has 0 rings (SSSR count). The lowest BCUT2D eigenvalue weighted by Crippen LogP contribution is -2.25. The Morgan fingerprint density at radius 3 is 2.23 bits per heavy atom. The molecule has 0 aromatic carbocycles. The number of aliphatic hydroxyl groups excluding tert-OH is 1. The maximum absolute atomic E-state index is 8.83. The summed E-state index contributed by atoms with van der Waals surface area (Å²) in [7, 11) is 0. The van der Waals surface area contributed by atoms with Crippen molar-refractivity contribution in [2.75, 3.05) is 6.61 Å². The molecule has 22 heavy (non-hydrogen) atoms. The highest BCUT2D eigenvalue weighted by Crippen LogP contribution is 2.35. The van der Waals surface area contributed by atoms with Crippen molar-refractivity contribution in [3.63, 3.8) is 0 Å². The van der Waals surface area contributed by atoms with E-state index in [0.29, 0.717) is 17.3 Å². The summed E-state index contributed by atoms with van der Waals surface area (Å²) >= 11 is 0. The minimum atomic E-state index is 0.0986. The normalized spacial score (nSPS) is 17.5. The molecular formula is C21H36O. The summed E-state index contributed by atoms with van der Waals surface area (Å²) in [5, 5.41) is 8.83. The van der Waals surface area contributed by atoms with E-state index in [4.69, 9.17) is 5.11 Å². The molecule has 0 aliphatic heterocycles. The highest BCUT2D eigenvalue weighted by atomic mass is 16.2. The van der Waals surface area contributed by atoms with Crippen LogP contribution in [0.2, 0.25) is 0 Å². The van der Waals surface area contributed by atoms with Crippen molar-refractivity contribution in [3.8, 4) is 0 Å². The summed E-state index contributed by atoms with van der Waals surface area (Å²) in [4.78, 5) is 0. The zero-order valence-corrected chi connectivity index (χ0v) is 15.7. The predicted octanol–water partition coefficient (Wildman–Crippen LogP) is 6.08. The van der Waals surface area contributed by atoms with Crippen LogP contribution in [0, 0.1) is 17.3 Å². The monoisotopic (exact) mass is 304 g/mol. The van der Waals surface area contributed by atoms with Crippen LogP contribution in [0.3, 0.4) is 0 Å². The van der Waals surface area contributed by atoms with Crippen molar-refractivity contribution in [1.82, 2.24) is 0 Å². The molecule has 0 aromatic heterocycles. The van der Waals surface area contributed by atoms with Gasteiger partial charge >= 0.3 is 0 Å². The Morgan fingerprint density at radius 2 is 1.73 bits per heavy atom. The zero-order chi connectivity index (χ0) is 17.2. The van der Waals surface area contributed by atoms with Crippen LogP contribution in [0.1, 0.15) is 61.3 Å².